The van der Waals surface area contributed by atoms with Crippen LogP contribution >= 0.6 is 0 Å². The molecule has 0 radical (unpaired) electrons. The Balaban J connectivity index is 1.87. The van der Waals surface area contributed by atoms with Crippen LogP contribution < -0.4 is 5.73 Å². The smallest absolute Gasteiger partial charge is 0.295 e. The number of nitrogen functional groups attached to an aromatic ring is 1. The van der Waals surface area contributed by atoms with E-state index < -0.39 is 0 Å². The molecule has 2 heterocycles. The number of amides is 1. The summed E-state index contributed by atoms with van der Waals surface area (Å²) in [5.74, 6) is -0.134. The number of aromatic nitrogens is 4. The molecule has 0 bridgehead atoms. The molecule has 1 aliphatic heterocycles. The first-order valence-electron chi connectivity index (χ1n) is 5.64. The zero-order valence-corrected chi connectivity index (χ0v) is 9.63. The second-order valence-corrected chi connectivity index (χ2v) is 4.20. The number of rotatable bonds is 1. The number of anilines is 1. The van der Waals surface area contributed by atoms with Gasteiger partial charge in [-0.25, -0.2) is 0 Å². The van der Waals surface area contributed by atoms with Crippen molar-refractivity contribution in [3.8, 4) is 0 Å². The Morgan fingerprint density at radius 3 is 3.11 bits per heavy atom. The SMILES string of the molecule is Nc1cccc2c1CN(C(=O)c1nn[nH]n1)CC2. The molecule has 3 N–H and O–H groups in total. The van der Waals surface area contributed by atoms with E-state index in [-0.39, 0.29) is 11.7 Å². The number of tetrazole rings is 1. The molecular formula is C11H12N6O. The number of nitrogens with two attached hydrogens (primary N) is 1. The van der Waals surface area contributed by atoms with Crippen molar-refractivity contribution in [3.63, 3.8) is 0 Å². The Bertz CT molecular complexity index is 579. The molecule has 1 amide bonds. The van der Waals surface area contributed by atoms with Crippen molar-refractivity contribution >= 4 is 11.6 Å². The van der Waals surface area contributed by atoms with Crippen molar-refractivity contribution in [3.05, 3.63) is 35.2 Å². The summed E-state index contributed by atoms with van der Waals surface area (Å²) in [5, 5.41) is 13.1. The number of carbonyl (C=O) groups excluding carboxylic acids is 1. The topological polar surface area (TPSA) is 101 Å². The predicted molar refractivity (Wildman–Crippen MR) is 63.5 cm³/mol. The number of carbonyl (C=O) groups is 1. The summed E-state index contributed by atoms with van der Waals surface area (Å²) in [7, 11) is 0. The molecule has 0 unspecified atom stereocenters. The van der Waals surface area contributed by atoms with E-state index in [0.717, 1.165) is 17.7 Å². The van der Waals surface area contributed by atoms with Crippen LogP contribution in [0.1, 0.15) is 21.7 Å². The summed E-state index contributed by atoms with van der Waals surface area (Å²) in [6, 6.07) is 5.83. The lowest BCUT2D eigenvalue weighted by atomic mass is 9.98. The standard InChI is InChI=1S/C11H12N6O/c12-9-3-1-2-7-4-5-17(6-8(7)9)11(18)10-13-15-16-14-10/h1-3H,4-6,12H2,(H,13,14,15,16). The van der Waals surface area contributed by atoms with E-state index in [9.17, 15) is 4.79 Å². The highest BCUT2D eigenvalue weighted by molar-refractivity contribution is 5.90. The molecule has 1 aromatic carbocycles. The Kier molecular flexibility index (Phi) is 2.44. The molecule has 1 aromatic heterocycles. The van der Waals surface area contributed by atoms with Gasteiger partial charge in [0, 0.05) is 18.8 Å². The molecule has 0 aliphatic carbocycles. The quantitative estimate of drug-likeness (QED) is 0.686. The third-order valence-corrected chi connectivity index (χ3v) is 3.13. The van der Waals surface area contributed by atoms with E-state index in [0.29, 0.717) is 13.1 Å². The number of nitrogens with one attached hydrogen (secondary N) is 1. The van der Waals surface area contributed by atoms with Crippen LogP contribution in [-0.4, -0.2) is 38.0 Å². The number of hydrogen-bond donors (Lipinski definition) is 2. The summed E-state index contributed by atoms with van der Waals surface area (Å²) >= 11 is 0. The molecule has 7 heteroatoms. The zero-order valence-electron chi connectivity index (χ0n) is 9.63. The van der Waals surface area contributed by atoms with Gasteiger partial charge in [-0.15, -0.1) is 10.2 Å². The predicted octanol–water partition coefficient (Wildman–Crippen LogP) is -0.0196. The highest BCUT2D eigenvalue weighted by Gasteiger charge is 2.25. The fraction of sp³-hybridized carbons (Fsp3) is 0.273. The third-order valence-electron chi connectivity index (χ3n) is 3.13. The Labute approximate surface area is 103 Å². The number of fused-ring (bicyclic) bond motifs is 1. The number of hydrogen-bond acceptors (Lipinski definition) is 5. The summed E-state index contributed by atoms with van der Waals surface area (Å²) in [6.45, 7) is 1.14. The monoisotopic (exact) mass is 244 g/mol. The number of H-pyrrole nitrogens is 1. The van der Waals surface area contributed by atoms with Crippen molar-refractivity contribution in [2.45, 2.75) is 13.0 Å². The van der Waals surface area contributed by atoms with Crippen LogP contribution in [-0.2, 0) is 13.0 Å². The lowest BCUT2D eigenvalue weighted by molar-refractivity contribution is 0.0723. The lowest BCUT2D eigenvalue weighted by Gasteiger charge is -2.28. The molecule has 3 rings (SSSR count). The second kappa shape index (κ2) is 4.10. The van der Waals surface area contributed by atoms with Crippen molar-refractivity contribution in [2.24, 2.45) is 0 Å². The van der Waals surface area contributed by atoms with Crippen molar-refractivity contribution in [1.82, 2.24) is 25.5 Å². The van der Waals surface area contributed by atoms with Gasteiger partial charge < -0.3 is 10.6 Å². The second-order valence-electron chi connectivity index (χ2n) is 4.20. The van der Waals surface area contributed by atoms with E-state index in [4.69, 9.17) is 5.73 Å². The number of aromatic amines is 1. The summed E-state index contributed by atoms with van der Waals surface area (Å²) in [4.78, 5) is 13.8. The van der Waals surface area contributed by atoms with Gasteiger partial charge in [-0.05, 0) is 28.8 Å². The molecule has 2 aromatic rings. The number of benzene rings is 1. The van der Waals surface area contributed by atoms with Gasteiger partial charge in [0.15, 0.2) is 0 Å². The van der Waals surface area contributed by atoms with Crippen LogP contribution in [0.15, 0.2) is 18.2 Å². The van der Waals surface area contributed by atoms with Gasteiger partial charge in [0.05, 0.1) is 0 Å². The van der Waals surface area contributed by atoms with Crippen LogP contribution in [0.4, 0.5) is 5.69 Å². The van der Waals surface area contributed by atoms with Gasteiger partial charge in [0.2, 0.25) is 0 Å². The Hall–Kier alpha value is -2.44. The molecule has 0 saturated heterocycles. The highest BCUT2D eigenvalue weighted by Crippen LogP contribution is 2.24. The molecule has 0 spiro atoms. The molecule has 1 aliphatic rings. The van der Waals surface area contributed by atoms with Gasteiger partial charge in [0.1, 0.15) is 0 Å². The van der Waals surface area contributed by atoms with Crippen molar-refractivity contribution in [1.29, 1.82) is 0 Å². The van der Waals surface area contributed by atoms with Gasteiger partial charge in [0.25, 0.3) is 11.7 Å². The van der Waals surface area contributed by atoms with E-state index in [2.05, 4.69) is 20.6 Å². The van der Waals surface area contributed by atoms with Gasteiger partial charge in [-0.1, -0.05) is 12.1 Å². The number of nitrogens with zero attached hydrogens (tertiary/aromatic N) is 4. The van der Waals surface area contributed by atoms with Crippen LogP contribution in [0, 0.1) is 0 Å². The minimum atomic E-state index is -0.224. The summed E-state index contributed by atoms with van der Waals surface area (Å²) in [5.41, 5.74) is 8.87. The fourth-order valence-electron chi connectivity index (χ4n) is 2.17. The molecule has 0 atom stereocenters. The van der Waals surface area contributed by atoms with Crippen LogP contribution in [0.2, 0.25) is 0 Å². The molecular weight excluding hydrogens is 232 g/mol. The maximum Gasteiger partial charge on any atom is 0.295 e. The fourth-order valence-corrected chi connectivity index (χ4v) is 2.17. The first-order valence-corrected chi connectivity index (χ1v) is 5.64. The molecule has 18 heavy (non-hydrogen) atoms. The van der Waals surface area contributed by atoms with Gasteiger partial charge in [-0.2, -0.15) is 5.21 Å². The average molecular weight is 244 g/mol. The van der Waals surface area contributed by atoms with E-state index >= 15 is 0 Å². The molecule has 7 nitrogen and oxygen atoms in total. The Morgan fingerprint density at radius 2 is 2.33 bits per heavy atom. The molecule has 92 valence electrons. The van der Waals surface area contributed by atoms with E-state index in [1.807, 2.05) is 18.2 Å². The minimum absolute atomic E-state index is 0.0907. The zero-order chi connectivity index (χ0) is 12.5. The van der Waals surface area contributed by atoms with Crippen LogP contribution in [0.5, 0.6) is 0 Å². The van der Waals surface area contributed by atoms with Crippen LogP contribution in [0.25, 0.3) is 0 Å². The van der Waals surface area contributed by atoms with Crippen molar-refractivity contribution in [2.75, 3.05) is 12.3 Å². The first kappa shape index (κ1) is 10.7. The normalized spacial score (nSPS) is 14.3. The van der Waals surface area contributed by atoms with Crippen molar-refractivity contribution < 1.29 is 4.79 Å². The van der Waals surface area contributed by atoms with Gasteiger partial charge >= 0.3 is 0 Å². The Morgan fingerprint density at radius 1 is 1.44 bits per heavy atom. The third kappa shape index (κ3) is 1.69. The average Bonchev–Trinajstić information content (AvgIpc) is 2.92. The summed E-state index contributed by atoms with van der Waals surface area (Å²) < 4.78 is 0. The van der Waals surface area contributed by atoms with E-state index in [1.165, 1.54) is 5.56 Å². The maximum absolute atomic E-state index is 12.1. The molecule has 0 saturated carbocycles. The molecule has 0 fully saturated rings. The summed E-state index contributed by atoms with van der Waals surface area (Å²) in [6.07, 6.45) is 0.796. The van der Waals surface area contributed by atoms with Gasteiger partial charge in [-0.3, -0.25) is 4.79 Å². The first-order chi connectivity index (χ1) is 8.75. The van der Waals surface area contributed by atoms with Crippen LogP contribution in [0.3, 0.4) is 0 Å². The minimum Gasteiger partial charge on any atom is -0.398 e. The lowest BCUT2D eigenvalue weighted by Crippen LogP contribution is -2.36. The highest BCUT2D eigenvalue weighted by atomic mass is 16.2. The van der Waals surface area contributed by atoms with E-state index in [1.54, 1.807) is 4.90 Å². The maximum atomic E-state index is 12.1. The largest absolute Gasteiger partial charge is 0.398 e.